The lowest BCUT2D eigenvalue weighted by Gasteiger charge is -2.10. The van der Waals surface area contributed by atoms with Gasteiger partial charge in [-0.15, -0.1) is 0 Å². The molecule has 3 aromatic heterocycles. The molecule has 6 nitrogen and oxygen atoms in total. The second-order valence-electron chi connectivity index (χ2n) is 11.2. The van der Waals surface area contributed by atoms with Gasteiger partial charge in [0.2, 0.25) is 0 Å². The van der Waals surface area contributed by atoms with Crippen molar-refractivity contribution in [2.45, 2.75) is 0 Å². The van der Waals surface area contributed by atoms with E-state index in [9.17, 15) is 0 Å². The second kappa shape index (κ2) is 10.6. The molecule has 0 unspecified atom stereocenters. The normalized spacial score (nSPS) is 11.5. The van der Waals surface area contributed by atoms with Crippen molar-refractivity contribution in [3.8, 4) is 79.2 Å². The number of benzene rings is 5. The van der Waals surface area contributed by atoms with Gasteiger partial charge in [-0.2, -0.15) is 0 Å². The summed E-state index contributed by atoms with van der Waals surface area (Å²) in [6.07, 6.45) is 0. The summed E-state index contributed by atoms with van der Waals surface area (Å²) in [5, 5.41) is 0.890. The third-order valence-corrected chi connectivity index (χ3v) is 8.29. The summed E-state index contributed by atoms with van der Waals surface area (Å²) in [6.45, 7) is 0. The number of hydrogen-bond donors (Lipinski definition) is 0. The Kier molecular flexibility index (Phi) is 6.03. The van der Waals surface area contributed by atoms with Crippen LogP contribution in [-0.4, -0.2) is 29.9 Å². The fourth-order valence-corrected chi connectivity index (χ4v) is 6.02. The van der Waals surface area contributed by atoms with Crippen LogP contribution < -0.4 is 0 Å². The van der Waals surface area contributed by atoms with E-state index in [0.717, 1.165) is 67.1 Å². The predicted molar refractivity (Wildman–Crippen MR) is 182 cm³/mol. The Morgan fingerprint density at radius 1 is 0.304 bits per heavy atom. The fourth-order valence-electron chi connectivity index (χ4n) is 6.02. The van der Waals surface area contributed by atoms with E-state index in [1.54, 1.807) is 0 Å². The Balaban J connectivity index is 1.16. The van der Waals surface area contributed by atoms with Crippen LogP contribution in [-0.2, 0) is 0 Å². The van der Waals surface area contributed by atoms with Crippen molar-refractivity contribution in [2.24, 2.45) is 0 Å². The van der Waals surface area contributed by atoms with Crippen molar-refractivity contribution in [3.63, 3.8) is 0 Å². The maximum Gasteiger partial charge on any atom is 0.168 e. The fraction of sp³-hybridized carbons (Fsp3) is 0. The number of aromatic nitrogens is 6. The first-order valence-corrected chi connectivity index (χ1v) is 15.1. The Bertz CT molecular complexity index is 2330. The molecule has 3 heterocycles. The molecule has 6 heteroatoms. The Labute approximate surface area is 265 Å². The van der Waals surface area contributed by atoms with Crippen LogP contribution in [0.3, 0.4) is 0 Å². The van der Waals surface area contributed by atoms with Gasteiger partial charge in [0.1, 0.15) is 0 Å². The van der Waals surface area contributed by atoms with E-state index < -0.39 is 0 Å². The molecule has 1 aliphatic carbocycles. The molecule has 0 aliphatic heterocycles. The lowest BCUT2D eigenvalue weighted by atomic mass is 10.1. The van der Waals surface area contributed by atoms with E-state index in [0.29, 0.717) is 23.1 Å². The van der Waals surface area contributed by atoms with Crippen LogP contribution in [0.1, 0.15) is 0 Å². The van der Waals surface area contributed by atoms with E-state index >= 15 is 0 Å². The van der Waals surface area contributed by atoms with Gasteiger partial charge in [-0.3, -0.25) is 0 Å². The lowest BCUT2D eigenvalue weighted by Crippen LogP contribution is -1.98. The number of nitrogens with zero attached hydrogens (tertiary/aromatic N) is 6. The molecule has 0 spiro atoms. The molecule has 1 aliphatic rings. The zero-order chi connectivity index (χ0) is 30.5. The zero-order valence-corrected chi connectivity index (χ0v) is 24.5. The largest absolute Gasteiger partial charge is 0.228 e. The molecule has 0 bridgehead atoms. The highest BCUT2D eigenvalue weighted by Crippen LogP contribution is 2.45. The van der Waals surface area contributed by atoms with Gasteiger partial charge in [0.15, 0.2) is 23.1 Å². The van der Waals surface area contributed by atoms with Gasteiger partial charge < -0.3 is 0 Å². The van der Waals surface area contributed by atoms with Gasteiger partial charge in [-0.05, 0) is 6.07 Å². The van der Waals surface area contributed by atoms with Gasteiger partial charge in [-0.25, -0.2) is 29.9 Å². The van der Waals surface area contributed by atoms with Crippen molar-refractivity contribution in [3.05, 3.63) is 146 Å². The number of fused-ring (bicyclic) bond motifs is 3. The zero-order valence-electron chi connectivity index (χ0n) is 24.5. The molecule has 5 aromatic carbocycles. The molecular formula is C40H24N6. The van der Waals surface area contributed by atoms with Crippen molar-refractivity contribution in [2.75, 3.05) is 0 Å². The van der Waals surface area contributed by atoms with E-state index in [1.165, 1.54) is 0 Å². The van der Waals surface area contributed by atoms with Crippen molar-refractivity contribution < 1.29 is 0 Å². The highest BCUT2D eigenvalue weighted by molar-refractivity contribution is 6.11. The van der Waals surface area contributed by atoms with E-state index in [4.69, 9.17) is 29.9 Å². The maximum atomic E-state index is 5.07. The van der Waals surface area contributed by atoms with Crippen LogP contribution in [0.25, 0.3) is 90.2 Å². The molecule has 0 radical (unpaired) electrons. The highest BCUT2D eigenvalue weighted by atomic mass is 15.0. The summed E-state index contributed by atoms with van der Waals surface area (Å²) in [5.41, 5.74) is 11.0. The molecule has 214 valence electrons. The molecule has 0 saturated carbocycles. The molecule has 8 aromatic rings. The summed E-state index contributed by atoms with van der Waals surface area (Å²) >= 11 is 0. The summed E-state index contributed by atoms with van der Waals surface area (Å²) in [7, 11) is 0. The van der Waals surface area contributed by atoms with Crippen LogP contribution >= 0.6 is 0 Å². The minimum absolute atomic E-state index is 0.610. The minimum atomic E-state index is 0.610. The molecule has 0 fully saturated rings. The first-order chi connectivity index (χ1) is 22.8. The van der Waals surface area contributed by atoms with Crippen molar-refractivity contribution >= 4 is 11.0 Å². The summed E-state index contributed by atoms with van der Waals surface area (Å²) in [6, 6.07) is 48.9. The van der Waals surface area contributed by atoms with Crippen LogP contribution in [0, 0.1) is 0 Å². The third kappa shape index (κ3) is 4.43. The molecule has 46 heavy (non-hydrogen) atoms. The topological polar surface area (TPSA) is 77.3 Å². The highest BCUT2D eigenvalue weighted by Gasteiger charge is 2.27. The van der Waals surface area contributed by atoms with Crippen molar-refractivity contribution in [1.82, 2.24) is 29.9 Å². The summed E-state index contributed by atoms with van der Waals surface area (Å²) in [5.74, 6) is 1.91. The molecule has 0 saturated heterocycles. The van der Waals surface area contributed by atoms with Gasteiger partial charge in [0, 0.05) is 38.9 Å². The number of hydrogen-bond acceptors (Lipinski definition) is 6. The Morgan fingerprint density at radius 3 is 1.13 bits per heavy atom. The van der Waals surface area contributed by atoms with Gasteiger partial charge >= 0.3 is 0 Å². The smallest absolute Gasteiger partial charge is 0.168 e. The monoisotopic (exact) mass is 588 g/mol. The van der Waals surface area contributed by atoms with Crippen molar-refractivity contribution in [1.29, 1.82) is 0 Å². The average Bonchev–Trinajstić information content (AvgIpc) is 3.46. The maximum absolute atomic E-state index is 5.07. The Hall–Kier alpha value is -6.40. The van der Waals surface area contributed by atoms with Gasteiger partial charge in [-0.1, -0.05) is 140 Å². The average molecular weight is 589 g/mol. The molecular weight excluding hydrogens is 564 g/mol. The standard InChI is InChI=1S/C40H24N6/c1-4-12-25(13-5-1)32-24-33(26-14-6-2-7-15-26)42-37(41-32)28-20-22-29(23-21-28)39-44-36-31-19-11-10-18-30(31)35-34(36)40(46-39)45-38(43-35)27-16-8-3-9-17-27/h1-24H. The Morgan fingerprint density at radius 2 is 0.674 bits per heavy atom. The quantitative estimate of drug-likeness (QED) is 0.199. The van der Waals surface area contributed by atoms with E-state index in [2.05, 4.69) is 36.4 Å². The molecule has 9 rings (SSSR count). The van der Waals surface area contributed by atoms with Crippen LogP contribution in [0.5, 0.6) is 0 Å². The minimum Gasteiger partial charge on any atom is -0.228 e. The van der Waals surface area contributed by atoms with E-state index in [-0.39, 0.29) is 0 Å². The molecule has 0 amide bonds. The summed E-state index contributed by atoms with van der Waals surface area (Å²) in [4.78, 5) is 29.9. The first-order valence-electron chi connectivity index (χ1n) is 15.1. The van der Waals surface area contributed by atoms with Crippen LogP contribution in [0.15, 0.2) is 146 Å². The molecule has 0 N–H and O–H groups in total. The SMILES string of the molecule is c1ccc(-c2cc(-c3ccccc3)nc(-c3ccc(-c4nc5c6c(nc(-c7ccccc7)nc6n4)-c4ccccc4-5)cc3)n2)cc1. The lowest BCUT2D eigenvalue weighted by molar-refractivity contribution is 1.16. The van der Waals surface area contributed by atoms with Crippen LogP contribution in [0.2, 0.25) is 0 Å². The number of rotatable bonds is 5. The first kappa shape index (κ1) is 26.0. The molecule has 0 atom stereocenters. The third-order valence-electron chi connectivity index (χ3n) is 8.29. The van der Waals surface area contributed by atoms with Crippen LogP contribution in [0.4, 0.5) is 0 Å². The predicted octanol–water partition coefficient (Wildman–Crippen LogP) is 9.19. The van der Waals surface area contributed by atoms with E-state index in [1.807, 2.05) is 109 Å². The van der Waals surface area contributed by atoms with Gasteiger partial charge in [0.05, 0.1) is 28.2 Å². The van der Waals surface area contributed by atoms with Gasteiger partial charge in [0.25, 0.3) is 0 Å². The second-order valence-corrected chi connectivity index (χ2v) is 11.2. The summed E-state index contributed by atoms with van der Waals surface area (Å²) < 4.78 is 0.